The van der Waals surface area contributed by atoms with Crippen molar-refractivity contribution in [3.63, 3.8) is 0 Å². The van der Waals surface area contributed by atoms with Crippen molar-refractivity contribution < 1.29 is 28.6 Å². The van der Waals surface area contributed by atoms with Crippen LogP contribution in [-0.4, -0.2) is 37.5 Å². The number of hydrogen-bond donors (Lipinski definition) is 3. The van der Waals surface area contributed by atoms with Crippen molar-refractivity contribution in [3.05, 3.63) is 131 Å². The molecule has 0 heterocycles. The van der Waals surface area contributed by atoms with Crippen molar-refractivity contribution in [3.8, 4) is 11.5 Å². The molecule has 0 aliphatic rings. The molecule has 246 valence electrons. The zero-order valence-corrected chi connectivity index (χ0v) is 26.6. The normalized spacial score (nSPS) is 10.5. The van der Waals surface area contributed by atoms with Crippen LogP contribution in [0.2, 0.25) is 0 Å². The predicted octanol–water partition coefficient (Wildman–Crippen LogP) is 6.11. The van der Waals surface area contributed by atoms with Gasteiger partial charge < -0.3 is 30.2 Å². The molecule has 0 atom stereocenters. The van der Waals surface area contributed by atoms with Gasteiger partial charge in [0.15, 0.2) is 0 Å². The lowest BCUT2D eigenvalue weighted by Gasteiger charge is -2.14. The van der Waals surface area contributed by atoms with Crippen LogP contribution in [0.5, 0.6) is 11.5 Å². The van der Waals surface area contributed by atoms with Gasteiger partial charge in [0.2, 0.25) is 11.8 Å². The first-order chi connectivity index (χ1) is 23.0. The lowest BCUT2D eigenvalue weighted by Crippen LogP contribution is -2.31. The molecule has 0 fully saturated rings. The van der Waals surface area contributed by atoms with Crippen molar-refractivity contribution in [2.24, 2.45) is 0 Å². The van der Waals surface area contributed by atoms with E-state index in [9.17, 15) is 14.4 Å². The van der Waals surface area contributed by atoms with Crippen LogP contribution < -0.4 is 25.4 Å². The summed E-state index contributed by atoms with van der Waals surface area (Å²) in [5, 5.41) is 8.43. The smallest absolute Gasteiger partial charge is 0.407 e. The number of carbonyl (C=O) groups is 3. The van der Waals surface area contributed by atoms with Crippen LogP contribution in [0.3, 0.4) is 0 Å². The Labute approximate surface area is 276 Å². The Hall–Kier alpha value is -5.31. The van der Waals surface area contributed by atoms with Crippen LogP contribution in [0.15, 0.2) is 109 Å². The number of ether oxygens (including phenoxy) is 3. The fraction of sp³-hybridized carbons (Fsp3) is 0.289. The van der Waals surface area contributed by atoms with Crippen LogP contribution in [0.4, 0.5) is 4.79 Å². The first kappa shape index (κ1) is 34.6. The third-order valence-electron chi connectivity index (χ3n) is 7.21. The molecule has 3 N–H and O–H groups in total. The molecule has 0 unspecified atom stereocenters. The standard InChI is InChI=1S/C38H43N3O6/c42-36(21-24-41-38(44)47-29-32-17-9-3-10-18-32)39-22-11-4-12-23-40-37(43)25-33-19-20-34(45-27-30-13-5-1-6-14-30)26-35(33)46-28-31-15-7-2-8-16-31/h1-3,5-10,13-20,26H,4,11-12,21-25,27-29H2,(H,39,42)(H,40,43)(H,41,44). The highest BCUT2D eigenvalue weighted by atomic mass is 16.5. The highest BCUT2D eigenvalue weighted by Gasteiger charge is 2.12. The highest BCUT2D eigenvalue weighted by Crippen LogP contribution is 2.27. The Kier molecular flexibility index (Phi) is 14.7. The van der Waals surface area contributed by atoms with E-state index in [1.807, 2.05) is 109 Å². The van der Waals surface area contributed by atoms with Gasteiger partial charge in [-0.25, -0.2) is 4.79 Å². The summed E-state index contributed by atoms with van der Waals surface area (Å²) in [6.45, 7) is 2.28. The molecule has 0 saturated heterocycles. The number of rotatable bonds is 19. The largest absolute Gasteiger partial charge is 0.489 e. The fourth-order valence-electron chi connectivity index (χ4n) is 4.64. The summed E-state index contributed by atoms with van der Waals surface area (Å²) < 4.78 is 17.3. The number of nitrogens with one attached hydrogen (secondary N) is 3. The zero-order valence-electron chi connectivity index (χ0n) is 26.6. The van der Waals surface area contributed by atoms with Gasteiger partial charge in [-0.1, -0.05) is 97.1 Å². The van der Waals surface area contributed by atoms with Crippen LogP contribution in [0.1, 0.15) is 47.9 Å². The fourth-order valence-corrected chi connectivity index (χ4v) is 4.64. The summed E-state index contributed by atoms with van der Waals surface area (Å²) in [6.07, 6.45) is 2.24. The van der Waals surface area contributed by atoms with E-state index in [4.69, 9.17) is 14.2 Å². The quantitative estimate of drug-likeness (QED) is 0.107. The van der Waals surface area contributed by atoms with Crippen molar-refractivity contribution >= 4 is 17.9 Å². The molecule has 3 amide bonds. The van der Waals surface area contributed by atoms with Crippen LogP contribution in [0.25, 0.3) is 0 Å². The molecule has 0 aliphatic heterocycles. The Morgan fingerprint density at radius 2 is 1.09 bits per heavy atom. The molecule has 0 radical (unpaired) electrons. The molecular formula is C38H43N3O6. The van der Waals surface area contributed by atoms with Crippen LogP contribution in [0, 0.1) is 0 Å². The molecule has 0 aliphatic carbocycles. The van der Waals surface area contributed by atoms with Crippen LogP contribution in [-0.2, 0) is 40.6 Å². The van der Waals surface area contributed by atoms with E-state index in [-0.39, 0.29) is 37.8 Å². The average Bonchev–Trinajstić information content (AvgIpc) is 3.10. The second kappa shape index (κ2) is 19.9. The molecule has 9 nitrogen and oxygen atoms in total. The summed E-state index contributed by atoms with van der Waals surface area (Å²) in [6, 6.07) is 34.8. The Bertz CT molecular complexity index is 1520. The topological polar surface area (TPSA) is 115 Å². The SMILES string of the molecule is O=C(CCNC(=O)OCc1ccccc1)NCCCCCNC(=O)Cc1ccc(OCc2ccccc2)cc1OCc1ccccc1. The maximum absolute atomic E-state index is 12.8. The first-order valence-electron chi connectivity index (χ1n) is 16.0. The van der Waals surface area contributed by atoms with E-state index in [1.54, 1.807) is 0 Å². The predicted molar refractivity (Wildman–Crippen MR) is 181 cm³/mol. The second-order valence-electron chi connectivity index (χ2n) is 11.0. The van der Waals surface area contributed by atoms with Gasteiger partial charge in [-0.05, 0) is 42.0 Å². The molecule has 0 spiro atoms. The maximum Gasteiger partial charge on any atom is 0.407 e. The molecule has 47 heavy (non-hydrogen) atoms. The van der Waals surface area contributed by atoms with E-state index in [2.05, 4.69) is 16.0 Å². The van der Waals surface area contributed by atoms with Gasteiger partial charge in [0.1, 0.15) is 31.3 Å². The Balaban J connectivity index is 1.10. The van der Waals surface area contributed by atoms with E-state index in [0.717, 1.165) is 41.5 Å². The monoisotopic (exact) mass is 637 g/mol. The van der Waals surface area contributed by atoms with Gasteiger partial charge in [-0.15, -0.1) is 0 Å². The van der Waals surface area contributed by atoms with Gasteiger partial charge in [0.05, 0.1) is 6.42 Å². The van der Waals surface area contributed by atoms with E-state index in [0.29, 0.717) is 37.8 Å². The van der Waals surface area contributed by atoms with Gasteiger partial charge in [-0.2, -0.15) is 0 Å². The van der Waals surface area contributed by atoms with E-state index in [1.165, 1.54) is 0 Å². The van der Waals surface area contributed by atoms with Gasteiger partial charge in [0.25, 0.3) is 0 Å². The number of carbonyl (C=O) groups excluding carboxylic acids is 3. The summed E-state index contributed by atoms with van der Waals surface area (Å²) in [7, 11) is 0. The molecule has 0 saturated carbocycles. The van der Waals surface area contributed by atoms with Gasteiger partial charge in [0, 0.05) is 37.7 Å². The summed E-state index contributed by atoms with van der Waals surface area (Å²) in [4.78, 5) is 36.6. The van der Waals surface area contributed by atoms with Crippen molar-refractivity contribution in [1.82, 2.24) is 16.0 Å². The number of amides is 3. The third-order valence-corrected chi connectivity index (χ3v) is 7.21. The number of alkyl carbamates (subject to hydrolysis) is 1. The van der Waals surface area contributed by atoms with Gasteiger partial charge in [-0.3, -0.25) is 9.59 Å². The van der Waals surface area contributed by atoms with Gasteiger partial charge >= 0.3 is 6.09 Å². The minimum absolute atomic E-state index is 0.0874. The molecule has 4 aromatic carbocycles. The highest BCUT2D eigenvalue weighted by molar-refractivity contribution is 5.79. The first-order valence-corrected chi connectivity index (χ1v) is 16.0. The molecular weight excluding hydrogens is 594 g/mol. The van der Waals surface area contributed by atoms with Crippen molar-refractivity contribution in [2.75, 3.05) is 19.6 Å². The molecule has 9 heteroatoms. The van der Waals surface area contributed by atoms with E-state index >= 15 is 0 Å². The molecule has 4 rings (SSSR count). The molecule has 0 aromatic heterocycles. The maximum atomic E-state index is 12.8. The lowest BCUT2D eigenvalue weighted by atomic mass is 10.1. The van der Waals surface area contributed by atoms with Crippen molar-refractivity contribution in [2.45, 2.75) is 51.9 Å². The number of unbranched alkanes of at least 4 members (excludes halogenated alkanes) is 2. The average molecular weight is 638 g/mol. The minimum Gasteiger partial charge on any atom is -0.489 e. The molecule has 4 aromatic rings. The lowest BCUT2D eigenvalue weighted by molar-refractivity contribution is -0.121. The minimum atomic E-state index is -0.551. The Morgan fingerprint density at radius 1 is 0.532 bits per heavy atom. The zero-order chi connectivity index (χ0) is 32.9. The van der Waals surface area contributed by atoms with Crippen LogP contribution >= 0.6 is 0 Å². The van der Waals surface area contributed by atoms with Crippen molar-refractivity contribution in [1.29, 1.82) is 0 Å². The van der Waals surface area contributed by atoms with E-state index < -0.39 is 6.09 Å². The summed E-state index contributed by atoms with van der Waals surface area (Å²) in [5.41, 5.74) is 3.78. The number of hydrogen-bond acceptors (Lipinski definition) is 6. The Morgan fingerprint density at radius 3 is 1.70 bits per heavy atom. The summed E-state index contributed by atoms with van der Waals surface area (Å²) >= 11 is 0. The second-order valence-corrected chi connectivity index (χ2v) is 11.0. The summed E-state index contributed by atoms with van der Waals surface area (Å²) in [5.74, 6) is 1.06. The number of benzene rings is 4. The third kappa shape index (κ3) is 13.7. The molecule has 0 bridgehead atoms.